The Balaban J connectivity index is 2.01. The van der Waals surface area contributed by atoms with E-state index in [0.717, 1.165) is 28.3 Å². The first kappa shape index (κ1) is 19.6. The van der Waals surface area contributed by atoms with Gasteiger partial charge in [0.2, 0.25) is 0 Å². The van der Waals surface area contributed by atoms with Crippen LogP contribution >= 0.6 is 0 Å². The molecule has 0 aliphatic rings. The minimum atomic E-state index is 0.332. The third-order valence-electron chi connectivity index (χ3n) is 3.67. The molecule has 0 aromatic heterocycles. The average Bonchev–Trinajstić information content (AvgIpc) is 2.64. The van der Waals surface area contributed by atoms with E-state index in [1.54, 1.807) is 7.11 Å². The molecule has 2 aromatic rings. The van der Waals surface area contributed by atoms with Crippen LogP contribution in [0.5, 0.6) is 11.5 Å². The summed E-state index contributed by atoms with van der Waals surface area (Å²) in [5.41, 5.74) is 8.93. The van der Waals surface area contributed by atoms with Crippen molar-refractivity contribution in [3.63, 3.8) is 0 Å². The lowest BCUT2D eigenvalue weighted by atomic mass is 10.1. The highest BCUT2D eigenvalue weighted by Gasteiger charge is 2.05. The number of hydrogen-bond donors (Lipinski definition) is 2. The van der Waals surface area contributed by atoms with Crippen LogP contribution in [0.25, 0.3) is 0 Å². The summed E-state index contributed by atoms with van der Waals surface area (Å²) in [4.78, 5) is 4.41. The minimum Gasteiger partial charge on any atom is -0.497 e. The number of methoxy groups -OCH3 is 1. The van der Waals surface area contributed by atoms with Crippen LogP contribution in [0, 0.1) is 6.92 Å². The first-order valence-corrected chi connectivity index (χ1v) is 8.63. The van der Waals surface area contributed by atoms with Crippen LogP contribution in [0.2, 0.25) is 0 Å². The molecule has 0 atom stereocenters. The standard InChI is InChI=1S/C20H27N3O3/c1-4-25-10-11-26-19-12-15(2)8-9-16(19)14-22-20(21)23-17-6-5-7-18(13-17)24-3/h5-9,12-13H,4,10-11,14H2,1-3H3,(H3,21,22,23). The lowest BCUT2D eigenvalue weighted by molar-refractivity contribution is 0.110. The molecule has 0 bridgehead atoms. The summed E-state index contributed by atoms with van der Waals surface area (Å²) in [6, 6.07) is 13.6. The molecule has 0 saturated carbocycles. The van der Waals surface area contributed by atoms with Gasteiger partial charge in [-0.1, -0.05) is 18.2 Å². The van der Waals surface area contributed by atoms with Crippen LogP contribution in [0.3, 0.4) is 0 Å². The molecule has 2 rings (SSSR count). The maximum absolute atomic E-state index is 6.00. The van der Waals surface area contributed by atoms with Crippen LogP contribution in [-0.2, 0) is 11.3 Å². The van der Waals surface area contributed by atoms with Gasteiger partial charge in [-0.2, -0.15) is 0 Å². The molecule has 0 fully saturated rings. The molecule has 0 saturated heterocycles. The summed E-state index contributed by atoms with van der Waals surface area (Å²) in [6.45, 7) is 6.16. The third-order valence-corrected chi connectivity index (χ3v) is 3.67. The number of aliphatic imine (C=N–C) groups is 1. The fraction of sp³-hybridized carbons (Fsp3) is 0.350. The van der Waals surface area contributed by atoms with Gasteiger partial charge in [0, 0.05) is 23.9 Å². The predicted molar refractivity (Wildman–Crippen MR) is 105 cm³/mol. The second-order valence-electron chi connectivity index (χ2n) is 5.71. The Morgan fingerprint density at radius 3 is 2.77 bits per heavy atom. The van der Waals surface area contributed by atoms with Gasteiger partial charge in [-0.25, -0.2) is 4.99 Å². The first-order chi connectivity index (χ1) is 12.6. The van der Waals surface area contributed by atoms with Crippen molar-refractivity contribution >= 4 is 11.6 Å². The van der Waals surface area contributed by atoms with Crippen LogP contribution in [0.4, 0.5) is 5.69 Å². The monoisotopic (exact) mass is 357 g/mol. The third kappa shape index (κ3) is 6.29. The van der Waals surface area contributed by atoms with Crippen molar-refractivity contribution in [2.24, 2.45) is 10.7 Å². The number of ether oxygens (including phenoxy) is 3. The van der Waals surface area contributed by atoms with Gasteiger partial charge in [0.25, 0.3) is 0 Å². The number of rotatable bonds is 9. The molecule has 0 aliphatic carbocycles. The number of hydrogen-bond acceptors (Lipinski definition) is 4. The van der Waals surface area contributed by atoms with Crippen LogP contribution in [-0.4, -0.2) is 32.9 Å². The second-order valence-corrected chi connectivity index (χ2v) is 5.71. The Kier molecular flexibility index (Phi) is 7.76. The number of aryl methyl sites for hydroxylation is 1. The van der Waals surface area contributed by atoms with Crippen molar-refractivity contribution in [2.45, 2.75) is 20.4 Å². The number of benzene rings is 2. The van der Waals surface area contributed by atoms with Gasteiger partial charge in [-0.3, -0.25) is 0 Å². The summed E-state index contributed by atoms with van der Waals surface area (Å²) in [6.07, 6.45) is 0. The zero-order valence-electron chi connectivity index (χ0n) is 15.6. The van der Waals surface area contributed by atoms with Gasteiger partial charge in [-0.15, -0.1) is 0 Å². The van der Waals surface area contributed by atoms with Gasteiger partial charge < -0.3 is 25.3 Å². The molecule has 0 aliphatic heterocycles. The maximum Gasteiger partial charge on any atom is 0.193 e. The van der Waals surface area contributed by atoms with Gasteiger partial charge in [0.1, 0.15) is 18.1 Å². The predicted octanol–water partition coefficient (Wildman–Crippen LogP) is 3.35. The number of guanidine groups is 1. The highest BCUT2D eigenvalue weighted by atomic mass is 16.5. The SMILES string of the molecule is CCOCCOc1cc(C)ccc1CN=C(N)Nc1cccc(OC)c1. The molecule has 3 N–H and O–H groups in total. The number of anilines is 1. The van der Waals surface area contributed by atoms with Crippen molar-refractivity contribution in [3.8, 4) is 11.5 Å². The smallest absolute Gasteiger partial charge is 0.193 e. The quantitative estimate of drug-likeness (QED) is 0.409. The number of nitrogens with one attached hydrogen (secondary N) is 1. The Morgan fingerprint density at radius 2 is 2.00 bits per heavy atom. The van der Waals surface area contributed by atoms with E-state index in [-0.39, 0.29) is 0 Å². The molecule has 26 heavy (non-hydrogen) atoms. The van der Waals surface area contributed by atoms with Crippen molar-refractivity contribution < 1.29 is 14.2 Å². The molecule has 6 heteroatoms. The van der Waals surface area contributed by atoms with Crippen LogP contribution in [0.1, 0.15) is 18.1 Å². The molecule has 2 aromatic carbocycles. The molecular weight excluding hydrogens is 330 g/mol. The maximum atomic E-state index is 6.00. The summed E-state index contributed by atoms with van der Waals surface area (Å²) in [5, 5.41) is 3.06. The number of nitrogens with two attached hydrogens (primary N) is 1. The van der Waals surface area contributed by atoms with Gasteiger partial charge in [0.05, 0.1) is 20.3 Å². The number of nitrogens with zero attached hydrogens (tertiary/aromatic N) is 1. The molecule has 0 spiro atoms. The van der Waals surface area contributed by atoms with E-state index >= 15 is 0 Å². The van der Waals surface area contributed by atoms with E-state index in [9.17, 15) is 0 Å². The Bertz CT molecular complexity index is 732. The van der Waals surface area contributed by atoms with E-state index in [4.69, 9.17) is 19.9 Å². The zero-order valence-corrected chi connectivity index (χ0v) is 15.6. The molecule has 6 nitrogen and oxygen atoms in total. The van der Waals surface area contributed by atoms with E-state index in [1.165, 1.54) is 0 Å². The van der Waals surface area contributed by atoms with E-state index in [0.29, 0.717) is 32.3 Å². The second kappa shape index (κ2) is 10.3. The largest absolute Gasteiger partial charge is 0.497 e. The lowest BCUT2D eigenvalue weighted by Gasteiger charge is -2.12. The van der Waals surface area contributed by atoms with Crippen LogP contribution < -0.4 is 20.5 Å². The highest BCUT2D eigenvalue weighted by molar-refractivity contribution is 5.92. The van der Waals surface area contributed by atoms with E-state index in [2.05, 4.69) is 10.3 Å². The summed E-state index contributed by atoms with van der Waals surface area (Å²) < 4.78 is 16.3. The molecule has 0 amide bonds. The Hall–Kier alpha value is -2.73. The first-order valence-electron chi connectivity index (χ1n) is 8.63. The van der Waals surface area contributed by atoms with Gasteiger partial charge >= 0.3 is 0 Å². The highest BCUT2D eigenvalue weighted by Crippen LogP contribution is 2.21. The summed E-state index contributed by atoms with van der Waals surface area (Å²) >= 11 is 0. The van der Waals surface area contributed by atoms with Crippen molar-refractivity contribution in [2.75, 3.05) is 32.2 Å². The van der Waals surface area contributed by atoms with Gasteiger partial charge in [-0.05, 0) is 37.6 Å². The lowest BCUT2D eigenvalue weighted by Crippen LogP contribution is -2.22. The Labute approximate surface area is 155 Å². The van der Waals surface area contributed by atoms with Gasteiger partial charge in [0.15, 0.2) is 5.96 Å². The van der Waals surface area contributed by atoms with Crippen LogP contribution in [0.15, 0.2) is 47.5 Å². The summed E-state index contributed by atoms with van der Waals surface area (Å²) in [5.74, 6) is 1.90. The average molecular weight is 357 g/mol. The molecular formula is C20H27N3O3. The Morgan fingerprint density at radius 1 is 1.15 bits per heavy atom. The van der Waals surface area contributed by atoms with E-state index in [1.807, 2.05) is 56.3 Å². The normalized spacial score (nSPS) is 11.3. The minimum absolute atomic E-state index is 0.332. The fourth-order valence-electron chi connectivity index (χ4n) is 2.34. The zero-order chi connectivity index (χ0) is 18.8. The molecule has 140 valence electrons. The fourth-order valence-corrected chi connectivity index (χ4v) is 2.34. The molecule has 0 radical (unpaired) electrons. The topological polar surface area (TPSA) is 78.1 Å². The van der Waals surface area contributed by atoms with E-state index < -0.39 is 0 Å². The van der Waals surface area contributed by atoms with Crippen molar-refractivity contribution in [1.29, 1.82) is 0 Å². The van der Waals surface area contributed by atoms with Crippen molar-refractivity contribution in [3.05, 3.63) is 53.6 Å². The van der Waals surface area contributed by atoms with Crippen molar-refractivity contribution in [1.82, 2.24) is 0 Å². The summed E-state index contributed by atoms with van der Waals surface area (Å²) in [7, 11) is 1.63. The molecule has 0 heterocycles. The molecule has 0 unspecified atom stereocenters.